The molecule has 0 aliphatic carbocycles. The zero-order valence-corrected chi connectivity index (χ0v) is 13.5. The van der Waals surface area contributed by atoms with E-state index in [2.05, 4.69) is 38.1 Å². The summed E-state index contributed by atoms with van der Waals surface area (Å²) in [7, 11) is 1.43. The van der Waals surface area contributed by atoms with Gasteiger partial charge in [0.25, 0.3) is 0 Å². The second-order valence-electron chi connectivity index (χ2n) is 5.06. The van der Waals surface area contributed by atoms with Gasteiger partial charge in [-0.05, 0) is 48.2 Å². The molecule has 0 heterocycles. The summed E-state index contributed by atoms with van der Waals surface area (Å²) in [6.45, 7) is 4.25. The zero-order valence-electron chi connectivity index (χ0n) is 12.7. The number of aryl methyl sites for hydroxylation is 2. The van der Waals surface area contributed by atoms with E-state index in [-0.39, 0.29) is 5.97 Å². The van der Waals surface area contributed by atoms with Crippen LogP contribution in [0.4, 0.5) is 0 Å². The number of benzene rings is 2. The Kier molecular flexibility index (Phi) is 5.45. The molecule has 2 aromatic carbocycles. The van der Waals surface area contributed by atoms with Crippen LogP contribution in [0.3, 0.4) is 0 Å². The summed E-state index contributed by atoms with van der Waals surface area (Å²) < 4.78 is 4.76. The minimum absolute atomic E-state index is 0.196. The molecule has 0 unspecified atom stereocenters. The highest BCUT2D eigenvalue weighted by molar-refractivity contribution is 7.98. The number of carbonyl (C=O) groups is 1. The fraction of sp³-hybridized carbons (Fsp3) is 0.278. The summed E-state index contributed by atoms with van der Waals surface area (Å²) in [6, 6.07) is 14.6. The number of thioether (sulfide) groups is 1. The van der Waals surface area contributed by atoms with Gasteiger partial charge in [0.15, 0.2) is 0 Å². The molecular formula is C18H20O2S. The highest BCUT2D eigenvalue weighted by Gasteiger charge is 2.08. The van der Waals surface area contributed by atoms with E-state index in [1.54, 1.807) is 11.8 Å². The van der Waals surface area contributed by atoms with E-state index in [9.17, 15) is 4.79 Å². The molecule has 0 N–H and O–H groups in total. The fourth-order valence-corrected chi connectivity index (χ4v) is 3.09. The standard InChI is InChI=1S/C18H20O2S/c1-13-8-9-17(10-14(13)2)21-12-16-7-5-4-6-15(16)11-18(19)20-3/h4-10H,11-12H2,1-3H3. The first-order chi connectivity index (χ1) is 10.1. The first-order valence-corrected chi connectivity index (χ1v) is 7.92. The lowest BCUT2D eigenvalue weighted by molar-refractivity contribution is -0.139. The van der Waals surface area contributed by atoms with E-state index in [1.165, 1.54) is 28.7 Å². The topological polar surface area (TPSA) is 26.3 Å². The minimum atomic E-state index is -0.196. The Labute approximate surface area is 130 Å². The van der Waals surface area contributed by atoms with Gasteiger partial charge in [-0.3, -0.25) is 4.79 Å². The quantitative estimate of drug-likeness (QED) is 0.608. The Hall–Kier alpha value is -1.74. The molecule has 3 heteroatoms. The second-order valence-corrected chi connectivity index (χ2v) is 6.11. The summed E-state index contributed by atoms with van der Waals surface area (Å²) in [5.41, 5.74) is 4.85. The third-order valence-corrected chi connectivity index (χ3v) is 4.60. The van der Waals surface area contributed by atoms with E-state index < -0.39 is 0 Å². The van der Waals surface area contributed by atoms with Gasteiger partial charge in [-0.2, -0.15) is 0 Å². The van der Waals surface area contributed by atoms with E-state index >= 15 is 0 Å². The van der Waals surface area contributed by atoms with Crippen LogP contribution in [-0.4, -0.2) is 13.1 Å². The van der Waals surface area contributed by atoms with E-state index in [4.69, 9.17) is 4.74 Å². The van der Waals surface area contributed by atoms with Crippen LogP contribution >= 0.6 is 11.8 Å². The lowest BCUT2D eigenvalue weighted by atomic mass is 10.1. The number of rotatable bonds is 5. The van der Waals surface area contributed by atoms with Crippen LogP contribution in [0.5, 0.6) is 0 Å². The van der Waals surface area contributed by atoms with Crippen molar-refractivity contribution in [2.24, 2.45) is 0 Å². The highest BCUT2D eigenvalue weighted by Crippen LogP contribution is 2.26. The molecule has 0 radical (unpaired) electrons. The molecule has 0 bridgehead atoms. The third kappa shape index (κ3) is 4.36. The molecule has 0 saturated carbocycles. The fourth-order valence-electron chi connectivity index (χ4n) is 2.06. The smallest absolute Gasteiger partial charge is 0.309 e. The van der Waals surface area contributed by atoms with Crippen molar-refractivity contribution in [1.29, 1.82) is 0 Å². The number of esters is 1. The summed E-state index contributed by atoms with van der Waals surface area (Å²) >= 11 is 1.79. The molecule has 110 valence electrons. The molecule has 0 amide bonds. The molecular weight excluding hydrogens is 280 g/mol. The maximum absolute atomic E-state index is 11.5. The monoisotopic (exact) mass is 300 g/mol. The molecule has 0 aliphatic rings. The zero-order chi connectivity index (χ0) is 15.2. The minimum Gasteiger partial charge on any atom is -0.469 e. The molecule has 21 heavy (non-hydrogen) atoms. The molecule has 0 aromatic heterocycles. The molecule has 2 rings (SSSR count). The number of carbonyl (C=O) groups excluding carboxylic acids is 1. The summed E-state index contributed by atoms with van der Waals surface area (Å²) in [5.74, 6) is 0.661. The number of ether oxygens (including phenoxy) is 1. The lowest BCUT2D eigenvalue weighted by Crippen LogP contribution is -2.06. The van der Waals surface area contributed by atoms with Crippen LogP contribution in [0.15, 0.2) is 47.4 Å². The third-order valence-electron chi connectivity index (χ3n) is 3.55. The Morgan fingerprint density at radius 2 is 1.76 bits per heavy atom. The van der Waals surface area contributed by atoms with E-state index in [0.29, 0.717) is 6.42 Å². The van der Waals surface area contributed by atoms with E-state index in [1.807, 2.05) is 18.2 Å². The van der Waals surface area contributed by atoms with Gasteiger partial charge < -0.3 is 4.74 Å². The average molecular weight is 300 g/mol. The molecule has 2 aromatic rings. The maximum atomic E-state index is 11.5. The maximum Gasteiger partial charge on any atom is 0.309 e. The first kappa shape index (κ1) is 15.6. The van der Waals surface area contributed by atoms with Gasteiger partial charge in [-0.25, -0.2) is 0 Å². The molecule has 0 aliphatic heterocycles. The van der Waals surface area contributed by atoms with Crippen LogP contribution in [0.25, 0.3) is 0 Å². The van der Waals surface area contributed by atoms with Crippen molar-refractivity contribution in [2.45, 2.75) is 30.9 Å². The van der Waals surface area contributed by atoms with E-state index in [0.717, 1.165) is 11.3 Å². The lowest BCUT2D eigenvalue weighted by Gasteiger charge is -2.09. The van der Waals surface area contributed by atoms with Crippen LogP contribution in [-0.2, 0) is 21.7 Å². The molecule has 0 fully saturated rings. The molecule has 0 saturated heterocycles. The van der Waals surface area contributed by atoms with Crippen LogP contribution in [0.2, 0.25) is 0 Å². The molecule has 0 atom stereocenters. The van der Waals surface area contributed by atoms with Crippen molar-refractivity contribution in [3.8, 4) is 0 Å². The number of methoxy groups -OCH3 is 1. The van der Waals surface area contributed by atoms with Crippen molar-refractivity contribution in [3.63, 3.8) is 0 Å². The Morgan fingerprint density at radius 3 is 2.43 bits per heavy atom. The second kappa shape index (κ2) is 7.32. The largest absolute Gasteiger partial charge is 0.469 e. The predicted molar refractivity (Wildman–Crippen MR) is 87.6 cm³/mol. The van der Waals surface area contributed by atoms with Crippen molar-refractivity contribution in [3.05, 3.63) is 64.7 Å². The van der Waals surface area contributed by atoms with Crippen molar-refractivity contribution in [1.82, 2.24) is 0 Å². The average Bonchev–Trinajstić information content (AvgIpc) is 2.49. The van der Waals surface area contributed by atoms with Crippen LogP contribution in [0.1, 0.15) is 22.3 Å². The van der Waals surface area contributed by atoms with Crippen molar-refractivity contribution < 1.29 is 9.53 Å². The summed E-state index contributed by atoms with van der Waals surface area (Å²) in [6.07, 6.45) is 0.333. The summed E-state index contributed by atoms with van der Waals surface area (Å²) in [5, 5.41) is 0. The SMILES string of the molecule is COC(=O)Cc1ccccc1CSc1ccc(C)c(C)c1. The number of hydrogen-bond donors (Lipinski definition) is 0. The number of hydrogen-bond acceptors (Lipinski definition) is 3. The van der Waals surface area contributed by atoms with Gasteiger partial charge in [-0.1, -0.05) is 30.3 Å². The van der Waals surface area contributed by atoms with Gasteiger partial charge in [-0.15, -0.1) is 11.8 Å². The van der Waals surface area contributed by atoms with Gasteiger partial charge in [0.2, 0.25) is 0 Å². The van der Waals surface area contributed by atoms with Crippen LogP contribution in [0, 0.1) is 13.8 Å². The Morgan fingerprint density at radius 1 is 1.05 bits per heavy atom. The predicted octanol–water partition coefficient (Wildman–Crippen LogP) is 4.31. The van der Waals surface area contributed by atoms with Crippen LogP contribution < -0.4 is 0 Å². The van der Waals surface area contributed by atoms with Gasteiger partial charge >= 0.3 is 5.97 Å². The normalized spacial score (nSPS) is 10.4. The Balaban J connectivity index is 2.09. The van der Waals surface area contributed by atoms with Gasteiger partial charge in [0.1, 0.15) is 0 Å². The van der Waals surface area contributed by atoms with Gasteiger partial charge in [0.05, 0.1) is 13.5 Å². The molecule has 0 spiro atoms. The molecule has 2 nitrogen and oxygen atoms in total. The summed E-state index contributed by atoms with van der Waals surface area (Å²) in [4.78, 5) is 12.7. The Bertz CT molecular complexity index is 635. The van der Waals surface area contributed by atoms with Crippen molar-refractivity contribution in [2.75, 3.05) is 7.11 Å². The first-order valence-electron chi connectivity index (χ1n) is 6.94. The van der Waals surface area contributed by atoms with Crippen molar-refractivity contribution >= 4 is 17.7 Å². The van der Waals surface area contributed by atoms with Gasteiger partial charge in [0, 0.05) is 10.6 Å². The highest BCUT2D eigenvalue weighted by atomic mass is 32.2.